The van der Waals surface area contributed by atoms with Gasteiger partial charge in [-0.15, -0.1) is 0 Å². The van der Waals surface area contributed by atoms with Gasteiger partial charge in [0.1, 0.15) is 0 Å². The number of nitrogens with one attached hydrogen (secondary N) is 1. The quantitative estimate of drug-likeness (QED) is 0.543. The summed E-state index contributed by atoms with van der Waals surface area (Å²) >= 11 is 0. The average Bonchev–Trinajstić information content (AvgIpc) is 2.03. The molecule has 0 amide bonds. The molecule has 0 aliphatic carbocycles. The van der Waals surface area contributed by atoms with Gasteiger partial charge in [0.25, 0.3) is 5.69 Å². The standard InChI is InChI=1S/C5H4N4O4/c10-8(11)4-1-2-6-5(3-4)7-9(12)13/h1-3H,(H,6,7). The van der Waals surface area contributed by atoms with E-state index in [1.165, 1.54) is 0 Å². The van der Waals surface area contributed by atoms with Crippen LogP contribution in [0, 0.1) is 20.2 Å². The molecule has 0 bridgehead atoms. The van der Waals surface area contributed by atoms with E-state index in [9.17, 15) is 20.2 Å². The lowest BCUT2D eigenvalue weighted by Gasteiger charge is -1.94. The number of nitrogens with zero attached hydrogens (tertiary/aromatic N) is 3. The van der Waals surface area contributed by atoms with Crippen LogP contribution in [0.25, 0.3) is 0 Å². The number of anilines is 1. The Bertz CT molecular complexity index is 352. The molecule has 0 atom stereocenters. The van der Waals surface area contributed by atoms with Gasteiger partial charge < -0.3 is 0 Å². The maximum absolute atomic E-state index is 10.2. The van der Waals surface area contributed by atoms with Crippen LogP contribution >= 0.6 is 0 Å². The van der Waals surface area contributed by atoms with Crippen LogP contribution in [0.3, 0.4) is 0 Å². The number of aromatic nitrogens is 1. The Morgan fingerprint density at radius 2 is 2.08 bits per heavy atom. The summed E-state index contributed by atoms with van der Waals surface area (Å²) in [4.78, 5) is 23.0. The summed E-state index contributed by atoms with van der Waals surface area (Å²) in [6.45, 7) is 0. The van der Waals surface area contributed by atoms with Crippen molar-refractivity contribution in [1.29, 1.82) is 0 Å². The van der Waals surface area contributed by atoms with Crippen molar-refractivity contribution < 1.29 is 9.96 Å². The predicted molar refractivity (Wildman–Crippen MR) is 41.5 cm³/mol. The second-order valence-corrected chi connectivity index (χ2v) is 2.03. The molecule has 0 unspecified atom stereocenters. The molecule has 0 saturated heterocycles. The van der Waals surface area contributed by atoms with E-state index in [1.54, 1.807) is 5.43 Å². The Morgan fingerprint density at radius 3 is 2.62 bits per heavy atom. The SMILES string of the molecule is O=[N+]([O-])Nc1cc([N+](=O)[O-])ccn1. The van der Waals surface area contributed by atoms with Crippen LogP contribution in [-0.2, 0) is 0 Å². The third-order valence-corrected chi connectivity index (χ3v) is 1.16. The highest BCUT2D eigenvalue weighted by Gasteiger charge is 2.08. The minimum absolute atomic E-state index is 0.167. The molecule has 0 spiro atoms. The van der Waals surface area contributed by atoms with E-state index < -0.39 is 9.96 Å². The fourth-order valence-corrected chi connectivity index (χ4v) is 0.688. The smallest absolute Gasteiger partial charge is 0.258 e. The van der Waals surface area contributed by atoms with Gasteiger partial charge in [-0.05, 0) is 0 Å². The molecular weight excluding hydrogens is 180 g/mol. The third-order valence-electron chi connectivity index (χ3n) is 1.16. The third kappa shape index (κ3) is 2.36. The lowest BCUT2D eigenvalue weighted by molar-refractivity contribution is -0.445. The van der Waals surface area contributed by atoms with Crippen molar-refractivity contribution in [1.82, 2.24) is 4.98 Å². The van der Waals surface area contributed by atoms with Gasteiger partial charge in [-0.2, -0.15) is 0 Å². The highest BCUT2D eigenvalue weighted by Crippen LogP contribution is 2.13. The van der Waals surface area contributed by atoms with Crippen LogP contribution in [-0.4, -0.2) is 14.9 Å². The molecule has 1 aromatic heterocycles. The number of rotatable bonds is 3. The van der Waals surface area contributed by atoms with Crippen LogP contribution in [0.1, 0.15) is 0 Å². The molecule has 0 aliphatic rings. The van der Waals surface area contributed by atoms with Crippen molar-refractivity contribution in [2.45, 2.75) is 0 Å². The Kier molecular flexibility index (Phi) is 2.33. The topological polar surface area (TPSA) is 111 Å². The van der Waals surface area contributed by atoms with Gasteiger partial charge >= 0.3 is 0 Å². The molecule has 8 heteroatoms. The summed E-state index contributed by atoms with van der Waals surface area (Å²) < 4.78 is 0. The Labute approximate surface area is 71.5 Å². The summed E-state index contributed by atoms with van der Waals surface area (Å²) in [7, 11) is 0. The Balaban J connectivity index is 2.91. The van der Waals surface area contributed by atoms with Gasteiger partial charge in [0.2, 0.25) is 0 Å². The predicted octanol–water partition coefficient (Wildman–Crippen LogP) is 0.593. The normalized spacial score (nSPS) is 9.23. The van der Waals surface area contributed by atoms with Crippen molar-refractivity contribution >= 4 is 11.5 Å². The highest BCUT2D eigenvalue weighted by atomic mass is 16.7. The average molecular weight is 184 g/mol. The van der Waals surface area contributed by atoms with Gasteiger partial charge in [-0.1, -0.05) is 5.43 Å². The van der Waals surface area contributed by atoms with Gasteiger partial charge in [0, 0.05) is 12.3 Å². The highest BCUT2D eigenvalue weighted by molar-refractivity contribution is 5.42. The van der Waals surface area contributed by atoms with Gasteiger partial charge in [0.15, 0.2) is 10.9 Å². The number of nitro groups is 2. The first-order valence-corrected chi connectivity index (χ1v) is 3.11. The van der Waals surface area contributed by atoms with Gasteiger partial charge in [-0.25, -0.2) is 15.1 Å². The molecule has 0 aliphatic heterocycles. The van der Waals surface area contributed by atoms with E-state index >= 15 is 0 Å². The zero-order valence-electron chi connectivity index (χ0n) is 6.21. The number of hydrazine groups is 1. The first kappa shape index (κ1) is 8.84. The summed E-state index contributed by atoms with van der Waals surface area (Å²) in [5, 5.41) is 19.3. The molecular formula is C5H4N4O4. The van der Waals surface area contributed by atoms with Gasteiger partial charge in [0.05, 0.1) is 11.0 Å². The van der Waals surface area contributed by atoms with Crippen molar-refractivity contribution in [3.63, 3.8) is 0 Å². The summed E-state index contributed by atoms with van der Waals surface area (Å²) in [6.07, 6.45) is 1.12. The molecule has 8 nitrogen and oxygen atoms in total. The fourth-order valence-electron chi connectivity index (χ4n) is 0.688. The molecule has 1 N–H and O–H groups in total. The maximum atomic E-state index is 10.2. The van der Waals surface area contributed by atoms with Crippen molar-refractivity contribution in [3.05, 3.63) is 38.6 Å². The first-order valence-electron chi connectivity index (χ1n) is 3.11. The molecule has 68 valence electrons. The van der Waals surface area contributed by atoms with Crippen LogP contribution in [0.2, 0.25) is 0 Å². The van der Waals surface area contributed by atoms with Crippen LogP contribution < -0.4 is 5.43 Å². The number of pyridine rings is 1. The fraction of sp³-hybridized carbons (Fsp3) is 0. The molecule has 0 aromatic carbocycles. The zero-order chi connectivity index (χ0) is 9.84. The van der Waals surface area contributed by atoms with E-state index in [4.69, 9.17) is 0 Å². The van der Waals surface area contributed by atoms with E-state index in [0.717, 1.165) is 18.3 Å². The van der Waals surface area contributed by atoms with E-state index in [0.29, 0.717) is 0 Å². The lowest BCUT2D eigenvalue weighted by Crippen LogP contribution is -2.09. The summed E-state index contributed by atoms with van der Waals surface area (Å²) in [5.41, 5.74) is 1.46. The van der Waals surface area contributed by atoms with Crippen LogP contribution in [0.4, 0.5) is 11.5 Å². The Morgan fingerprint density at radius 1 is 1.38 bits per heavy atom. The van der Waals surface area contributed by atoms with Crippen LogP contribution in [0.5, 0.6) is 0 Å². The molecule has 1 aromatic rings. The molecule has 0 fully saturated rings. The molecule has 0 saturated carbocycles. The zero-order valence-corrected chi connectivity index (χ0v) is 6.21. The second-order valence-electron chi connectivity index (χ2n) is 2.03. The maximum Gasteiger partial charge on any atom is 0.274 e. The number of hydrogen-bond donors (Lipinski definition) is 1. The van der Waals surface area contributed by atoms with Gasteiger partial charge in [-0.3, -0.25) is 10.1 Å². The lowest BCUT2D eigenvalue weighted by atomic mass is 10.4. The summed E-state index contributed by atoms with van der Waals surface area (Å²) in [6, 6.07) is 2.12. The molecule has 1 rings (SSSR count). The van der Waals surface area contributed by atoms with E-state index in [1.807, 2.05) is 0 Å². The molecule has 0 radical (unpaired) electrons. The summed E-state index contributed by atoms with van der Waals surface area (Å²) in [5.74, 6) is -0.167. The monoisotopic (exact) mass is 184 g/mol. The second kappa shape index (κ2) is 3.43. The van der Waals surface area contributed by atoms with Crippen LogP contribution in [0.15, 0.2) is 18.3 Å². The van der Waals surface area contributed by atoms with Crippen molar-refractivity contribution in [2.24, 2.45) is 0 Å². The minimum Gasteiger partial charge on any atom is -0.258 e. The van der Waals surface area contributed by atoms with Crippen molar-refractivity contribution in [3.8, 4) is 0 Å². The van der Waals surface area contributed by atoms with E-state index in [2.05, 4.69) is 4.98 Å². The van der Waals surface area contributed by atoms with Crippen molar-refractivity contribution in [2.75, 3.05) is 5.43 Å². The Hall–Kier alpha value is -2.25. The van der Waals surface area contributed by atoms with E-state index in [-0.39, 0.29) is 11.5 Å². The molecule has 13 heavy (non-hydrogen) atoms. The number of hydrogen-bond acceptors (Lipinski definition) is 5. The minimum atomic E-state index is -0.841. The largest absolute Gasteiger partial charge is 0.274 e. The first-order chi connectivity index (χ1) is 6.09. The molecule has 1 heterocycles.